The fourth-order valence-electron chi connectivity index (χ4n) is 2.81. The van der Waals surface area contributed by atoms with Gasteiger partial charge in [-0.2, -0.15) is 0 Å². The number of urea groups is 1. The maximum atomic E-state index is 12.4. The van der Waals surface area contributed by atoms with Gasteiger partial charge in [-0.3, -0.25) is 10.1 Å². The summed E-state index contributed by atoms with van der Waals surface area (Å²) in [5.41, 5.74) is 0.561. The highest BCUT2D eigenvalue weighted by Gasteiger charge is 2.24. The Morgan fingerprint density at radius 3 is 2.30 bits per heavy atom. The van der Waals surface area contributed by atoms with Crippen LogP contribution in [-0.2, 0) is 16.1 Å². The number of fused-ring (bicyclic) bond motifs is 1. The summed E-state index contributed by atoms with van der Waals surface area (Å²) < 4.78 is 5.04. The van der Waals surface area contributed by atoms with Crippen LogP contribution in [0.15, 0.2) is 60.7 Å². The first-order chi connectivity index (χ1) is 14.4. The molecule has 0 aliphatic rings. The SMILES string of the molecule is C[C@H](OC(=O)c1cc(O)c2ccccc2c1O)C(=O)NC(=O)NCc1ccccc1. The topological polar surface area (TPSA) is 125 Å². The molecule has 154 valence electrons. The van der Waals surface area contributed by atoms with Gasteiger partial charge in [-0.25, -0.2) is 9.59 Å². The Morgan fingerprint density at radius 1 is 0.967 bits per heavy atom. The number of benzene rings is 3. The molecule has 0 unspecified atom stereocenters. The fraction of sp³-hybridized carbons (Fsp3) is 0.136. The van der Waals surface area contributed by atoms with E-state index in [1.165, 1.54) is 13.0 Å². The highest BCUT2D eigenvalue weighted by molar-refractivity contribution is 6.04. The van der Waals surface area contributed by atoms with E-state index in [9.17, 15) is 24.6 Å². The van der Waals surface area contributed by atoms with Gasteiger partial charge < -0.3 is 20.3 Å². The first-order valence-electron chi connectivity index (χ1n) is 9.14. The number of carbonyl (C=O) groups excluding carboxylic acids is 3. The quantitative estimate of drug-likeness (QED) is 0.380. The molecular formula is C22H20N2O6. The zero-order chi connectivity index (χ0) is 21.7. The minimum Gasteiger partial charge on any atom is -0.507 e. The lowest BCUT2D eigenvalue weighted by Gasteiger charge is -2.15. The van der Waals surface area contributed by atoms with Crippen molar-refractivity contribution in [2.45, 2.75) is 19.6 Å². The molecule has 3 aromatic rings. The van der Waals surface area contributed by atoms with Crippen molar-refractivity contribution in [3.63, 3.8) is 0 Å². The van der Waals surface area contributed by atoms with E-state index >= 15 is 0 Å². The Morgan fingerprint density at radius 2 is 1.60 bits per heavy atom. The predicted molar refractivity (Wildman–Crippen MR) is 109 cm³/mol. The second kappa shape index (κ2) is 8.95. The van der Waals surface area contributed by atoms with Gasteiger partial charge in [-0.05, 0) is 18.6 Å². The number of phenolic OH excluding ortho intramolecular Hbond substituents is 2. The van der Waals surface area contributed by atoms with Gasteiger partial charge in [0.25, 0.3) is 5.91 Å². The summed E-state index contributed by atoms with van der Waals surface area (Å²) in [7, 11) is 0. The number of hydrogen-bond acceptors (Lipinski definition) is 6. The number of aromatic hydroxyl groups is 2. The molecule has 8 heteroatoms. The van der Waals surface area contributed by atoms with Crippen molar-refractivity contribution in [2.75, 3.05) is 0 Å². The molecule has 3 amide bonds. The third kappa shape index (κ3) is 4.67. The average molecular weight is 408 g/mol. The van der Waals surface area contributed by atoms with Crippen molar-refractivity contribution in [3.05, 3.63) is 71.8 Å². The first kappa shape index (κ1) is 20.7. The van der Waals surface area contributed by atoms with Gasteiger partial charge in [0.2, 0.25) is 0 Å². The zero-order valence-electron chi connectivity index (χ0n) is 16.1. The molecule has 3 aromatic carbocycles. The Hall–Kier alpha value is -4.07. The lowest BCUT2D eigenvalue weighted by atomic mass is 10.0. The Balaban J connectivity index is 1.61. The number of ether oxygens (including phenoxy) is 1. The van der Waals surface area contributed by atoms with Crippen molar-refractivity contribution in [1.82, 2.24) is 10.6 Å². The van der Waals surface area contributed by atoms with E-state index in [-0.39, 0.29) is 29.0 Å². The van der Waals surface area contributed by atoms with E-state index in [1.54, 1.807) is 18.2 Å². The number of nitrogens with one attached hydrogen (secondary N) is 2. The summed E-state index contributed by atoms with van der Waals surface area (Å²) in [4.78, 5) is 36.4. The maximum absolute atomic E-state index is 12.4. The van der Waals surface area contributed by atoms with Gasteiger partial charge in [0.1, 0.15) is 17.1 Å². The standard InChI is InChI=1S/C22H20N2O6/c1-13(20(27)24-22(29)23-12-14-7-3-2-4-8-14)30-21(28)17-11-18(25)15-9-5-6-10-16(15)19(17)26/h2-11,13,25-26H,12H2,1H3,(H2,23,24,27,29)/t13-/m0/s1. The molecule has 4 N–H and O–H groups in total. The molecule has 0 aliphatic carbocycles. The maximum Gasteiger partial charge on any atom is 0.342 e. The molecule has 0 saturated carbocycles. The summed E-state index contributed by atoms with van der Waals surface area (Å²) in [5.74, 6) is -2.44. The van der Waals surface area contributed by atoms with Gasteiger partial charge >= 0.3 is 12.0 Å². The summed E-state index contributed by atoms with van der Waals surface area (Å²) >= 11 is 0. The van der Waals surface area contributed by atoms with E-state index in [0.717, 1.165) is 11.6 Å². The molecule has 0 saturated heterocycles. The fourth-order valence-corrected chi connectivity index (χ4v) is 2.81. The molecule has 30 heavy (non-hydrogen) atoms. The smallest absolute Gasteiger partial charge is 0.342 e. The van der Waals surface area contributed by atoms with Gasteiger partial charge in [-0.15, -0.1) is 0 Å². The zero-order valence-corrected chi connectivity index (χ0v) is 16.1. The van der Waals surface area contributed by atoms with Crippen LogP contribution in [0, 0.1) is 0 Å². The first-order valence-corrected chi connectivity index (χ1v) is 9.14. The molecule has 0 heterocycles. The number of rotatable bonds is 5. The molecule has 0 fully saturated rings. The van der Waals surface area contributed by atoms with Gasteiger partial charge in [0.05, 0.1) is 0 Å². The Bertz CT molecular complexity index is 1100. The minimum atomic E-state index is -1.31. The number of carbonyl (C=O) groups is 3. The van der Waals surface area contributed by atoms with Crippen LogP contribution in [0.4, 0.5) is 4.79 Å². The summed E-state index contributed by atoms with van der Waals surface area (Å²) in [6.07, 6.45) is -1.31. The van der Waals surface area contributed by atoms with Crippen LogP contribution in [0.5, 0.6) is 11.5 Å². The minimum absolute atomic E-state index is 0.215. The second-order valence-corrected chi connectivity index (χ2v) is 6.54. The highest BCUT2D eigenvalue weighted by Crippen LogP contribution is 2.35. The van der Waals surface area contributed by atoms with E-state index < -0.39 is 24.0 Å². The van der Waals surface area contributed by atoms with Crippen molar-refractivity contribution in [3.8, 4) is 11.5 Å². The molecular weight excluding hydrogens is 388 g/mol. The summed E-state index contributed by atoms with van der Waals surface area (Å²) in [6.45, 7) is 1.51. The Labute approximate surface area is 172 Å². The molecule has 0 bridgehead atoms. The van der Waals surface area contributed by atoms with Crippen LogP contribution in [0.3, 0.4) is 0 Å². The molecule has 0 spiro atoms. The van der Waals surface area contributed by atoms with Crippen LogP contribution < -0.4 is 10.6 Å². The lowest BCUT2D eigenvalue weighted by molar-refractivity contribution is -0.127. The lowest BCUT2D eigenvalue weighted by Crippen LogP contribution is -2.44. The van der Waals surface area contributed by atoms with Crippen molar-refractivity contribution in [2.24, 2.45) is 0 Å². The van der Waals surface area contributed by atoms with Crippen LogP contribution in [0.1, 0.15) is 22.8 Å². The largest absolute Gasteiger partial charge is 0.507 e. The van der Waals surface area contributed by atoms with E-state index in [4.69, 9.17) is 4.74 Å². The molecule has 0 aliphatic heterocycles. The van der Waals surface area contributed by atoms with Crippen LogP contribution in [0.25, 0.3) is 10.8 Å². The Kier molecular flexibility index (Phi) is 6.17. The van der Waals surface area contributed by atoms with Gasteiger partial charge in [0, 0.05) is 17.3 Å². The monoisotopic (exact) mass is 408 g/mol. The van der Waals surface area contributed by atoms with Crippen molar-refractivity contribution >= 4 is 28.7 Å². The van der Waals surface area contributed by atoms with Crippen molar-refractivity contribution < 1.29 is 29.3 Å². The van der Waals surface area contributed by atoms with E-state index in [0.29, 0.717) is 5.39 Å². The van der Waals surface area contributed by atoms with Gasteiger partial charge in [0.15, 0.2) is 6.10 Å². The molecule has 0 aromatic heterocycles. The molecule has 1 atom stereocenters. The number of esters is 1. The highest BCUT2D eigenvalue weighted by atomic mass is 16.5. The predicted octanol–water partition coefficient (Wildman–Crippen LogP) is 2.82. The number of amides is 3. The van der Waals surface area contributed by atoms with Crippen molar-refractivity contribution in [1.29, 1.82) is 0 Å². The molecule has 3 rings (SSSR count). The second-order valence-electron chi connectivity index (χ2n) is 6.54. The third-order valence-electron chi connectivity index (χ3n) is 4.40. The van der Waals surface area contributed by atoms with Crippen LogP contribution >= 0.6 is 0 Å². The van der Waals surface area contributed by atoms with Crippen LogP contribution in [0.2, 0.25) is 0 Å². The van der Waals surface area contributed by atoms with Crippen LogP contribution in [-0.4, -0.2) is 34.2 Å². The summed E-state index contributed by atoms with van der Waals surface area (Å²) in [6, 6.07) is 15.9. The normalized spacial score (nSPS) is 11.5. The number of phenols is 2. The molecule has 0 radical (unpaired) electrons. The van der Waals surface area contributed by atoms with Gasteiger partial charge in [-0.1, -0.05) is 54.6 Å². The van der Waals surface area contributed by atoms with E-state index in [1.807, 2.05) is 30.3 Å². The third-order valence-corrected chi connectivity index (χ3v) is 4.40. The average Bonchev–Trinajstić information content (AvgIpc) is 2.75. The summed E-state index contributed by atoms with van der Waals surface area (Å²) in [5, 5.41) is 25.7. The number of hydrogen-bond donors (Lipinski definition) is 4. The number of imide groups is 1. The van der Waals surface area contributed by atoms with E-state index in [2.05, 4.69) is 10.6 Å². The molecule has 8 nitrogen and oxygen atoms in total.